The number of nitrogens with zero attached hydrogens (tertiary/aromatic N) is 2. The van der Waals surface area contributed by atoms with E-state index in [4.69, 9.17) is 4.99 Å². The average Bonchev–Trinajstić information content (AvgIpc) is 3.22. The third-order valence-electron chi connectivity index (χ3n) is 5.94. The molecule has 0 radical (unpaired) electrons. The van der Waals surface area contributed by atoms with E-state index in [1.807, 2.05) is 37.8 Å². The van der Waals surface area contributed by atoms with Crippen LogP contribution in [0.1, 0.15) is 29.2 Å². The molecule has 2 aromatic rings. The topological polar surface area (TPSA) is 78.8 Å². The number of aryl methyl sites for hydroxylation is 4. The fraction of sp³-hybridized carbons (Fsp3) is 0.417. The van der Waals surface area contributed by atoms with Crippen molar-refractivity contribution in [2.75, 3.05) is 28.3 Å². The minimum absolute atomic E-state index is 0.0722. The number of carbonyl (C=O) groups is 1. The molecule has 170 valence electrons. The predicted molar refractivity (Wildman–Crippen MR) is 134 cm³/mol. The van der Waals surface area contributed by atoms with Gasteiger partial charge in [0.25, 0.3) is 0 Å². The van der Waals surface area contributed by atoms with Crippen molar-refractivity contribution < 1.29 is 13.2 Å². The molecule has 0 saturated carbocycles. The van der Waals surface area contributed by atoms with Gasteiger partial charge in [0.05, 0.1) is 17.5 Å². The minimum atomic E-state index is -3.03. The summed E-state index contributed by atoms with van der Waals surface area (Å²) in [5.41, 5.74) is 6.15. The van der Waals surface area contributed by atoms with Crippen LogP contribution in [0.25, 0.3) is 0 Å². The molecule has 0 bridgehead atoms. The van der Waals surface area contributed by atoms with Crippen molar-refractivity contribution in [3.63, 3.8) is 0 Å². The highest BCUT2D eigenvalue weighted by Crippen LogP contribution is 2.37. The van der Waals surface area contributed by atoms with E-state index in [9.17, 15) is 13.2 Å². The third-order valence-corrected chi connectivity index (χ3v) is 9.18. The molecule has 0 aromatic heterocycles. The molecule has 2 atom stereocenters. The number of benzene rings is 2. The summed E-state index contributed by atoms with van der Waals surface area (Å²) in [4.78, 5) is 19.7. The second kappa shape index (κ2) is 8.90. The molecule has 1 amide bonds. The number of anilines is 2. The lowest BCUT2D eigenvalue weighted by Crippen LogP contribution is -2.37. The van der Waals surface area contributed by atoms with E-state index in [0.717, 1.165) is 34.5 Å². The number of aliphatic imine (C=N–C) groups is 1. The van der Waals surface area contributed by atoms with Crippen LogP contribution < -0.4 is 10.2 Å². The van der Waals surface area contributed by atoms with E-state index in [1.54, 1.807) is 0 Å². The molecule has 2 aliphatic rings. The number of sulfone groups is 1. The van der Waals surface area contributed by atoms with Crippen molar-refractivity contribution in [2.45, 2.75) is 45.4 Å². The minimum Gasteiger partial charge on any atom is -0.324 e. The van der Waals surface area contributed by atoms with Gasteiger partial charge in [-0.1, -0.05) is 48.5 Å². The Morgan fingerprint density at radius 1 is 1.12 bits per heavy atom. The Kier molecular flexibility index (Phi) is 6.36. The van der Waals surface area contributed by atoms with E-state index in [-0.39, 0.29) is 35.2 Å². The van der Waals surface area contributed by atoms with Crippen LogP contribution in [0.5, 0.6) is 0 Å². The number of hydrogen-bond donors (Lipinski definition) is 1. The van der Waals surface area contributed by atoms with E-state index >= 15 is 0 Å². The van der Waals surface area contributed by atoms with Crippen LogP contribution in [0.4, 0.5) is 11.4 Å². The van der Waals surface area contributed by atoms with Gasteiger partial charge in [-0.15, -0.1) is 0 Å². The largest absolute Gasteiger partial charge is 0.324 e. The summed E-state index contributed by atoms with van der Waals surface area (Å²) in [5.74, 6) is 0.101. The smallest absolute Gasteiger partial charge is 0.244 e. The lowest BCUT2D eigenvalue weighted by Gasteiger charge is -2.25. The monoisotopic (exact) mass is 471 g/mol. The number of fused-ring (bicyclic) bond motifs is 1. The van der Waals surface area contributed by atoms with Gasteiger partial charge in [-0.05, 0) is 56.0 Å². The number of carbonyl (C=O) groups excluding carboxylic acids is 1. The lowest BCUT2D eigenvalue weighted by molar-refractivity contribution is -0.114. The van der Waals surface area contributed by atoms with Gasteiger partial charge in [-0.2, -0.15) is 0 Å². The second-order valence-corrected chi connectivity index (χ2v) is 12.0. The molecule has 2 heterocycles. The Balaban J connectivity index is 1.59. The van der Waals surface area contributed by atoms with Crippen LogP contribution in [0.3, 0.4) is 0 Å². The maximum absolute atomic E-state index is 13.1. The van der Waals surface area contributed by atoms with Gasteiger partial charge in [0.15, 0.2) is 15.0 Å². The van der Waals surface area contributed by atoms with Crippen molar-refractivity contribution in [3.8, 4) is 0 Å². The fourth-order valence-corrected chi connectivity index (χ4v) is 8.13. The van der Waals surface area contributed by atoms with Crippen molar-refractivity contribution in [1.82, 2.24) is 0 Å². The summed E-state index contributed by atoms with van der Waals surface area (Å²) in [5, 5.41) is 3.72. The van der Waals surface area contributed by atoms with Crippen LogP contribution in [0.2, 0.25) is 0 Å². The number of amidine groups is 1. The number of rotatable bonds is 5. The summed E-state index contributed by atoms with van der Waals surface area (Å²) in [6.07, 6.45) is 0.935. The molecule has 0 unspecified atom stereocenters. The highest BCUT2D eigenvalue weighted by atomic mass is 32.2. The van der Waals surface area contributed by atoms with Crippen LogP contribution in [0, 0.1) is 20.8 Å². The van der Waals surface area contributed by atoms with Gasteiger partial charge in [0, 0.05) is 16.6 Å². The lowest BCUT2D eigenvalue weighted by atomic mass is 10.1. The molecule has 0 aliphatic carbocycles. The molecule has 4 rings (SSSR count). The van der Waals surface area contributed by atoms with Crippen molar-refractivity contribution in [2.24, 2.45) is 4.99 Å². The first-order valence-electron chi connectivity index (χ1n) is 10.8. The molecular formula is C24H29N3O3S2. The van der Waals surface area contributed by atoms with Gasteiger partial charge < -0.3 is 10.2 Å². The average molecular weight is 472 g/mol. The summed E-state index contributed by atoms with van der Waals surface area (Å²) in [6, 6.07) is 12.0. The van der Waals surface area contributed by atoms with Gasteiger partial charge in [-0.3, -0.25) is 9.79 Å². The number of nitrogens with one attached hydrogen (secondary N) is 1. The first kappa shape index (κ1) is 22.9. The van der Waals surface area contributed by atoms with Crippen LogP contribution >= 0.6 is 11.8 Å². The number of thioether (sulfide) groups is 1. The number of amides is 1. The summed E-state index contributed by atoms with van der Waals surface area (Å²) in [7, 11) is -3.03. The molecule has 6 nitrogen and oxygen atoms in total. The van der Waals surface area contributed by atoms with Crippen molar-refractivity contribution in [3.05, 3.63) is 58.7 Å². The zero-order valence-corrected chi connectivity index (χ0v) is 20.5. The van der Waals surface area contributed by atoms with Gasteiger partial charge >= 0.3 is 0 Å². The molecule has 32 heavy (non-hydrogen) atoms. The summed E-state index contributed by atoms with van der Waals surface area (Å²) < 4.78 is 23.9. The van der Waals surface area contributed by atoms with Crippen LogP contribution in [-0.4, -0.2) is 48.8 Å². The summed E-state index contributed by atoms with van der Waals surface area (Å²) in [6.45, 7) is 8.24. The van der Waals surface area contributed by atoms with Crippen molar-refractivity contribution >= 4 is 44.0 Å². The predicted octanol–water partition coefficient (Wildman–Crippen LogP) is 3.89. The van der Waals surface area contributed by atoms with Gasteiger partial charge in [-0.25, -0.2) is 8.42 Å². The Morgan fingerprint density at radius 2 is 1.78 bits per heavy atom. The van der Waals surface area contributed by atoms with E-state index in [1.165, 1.54) is 17.3 Å². The molecule has 0 spiro atoms. The first-order valence-corrected chi connectivity index (χ1v) is 13.5. The molecule has 1 fully saturated rings. The Morgan fingerprint density at radius 3 is 2.38 bits per heavy atom. The highest BCUT2D eigenvalue weighted by molar-refractivity contribution is 8.15. The molecule has 1 saturated heterocycles. The van der Waals surface area contributed by atoms with Crippen LogP contribution in [0.15, 0.2) is 41.4 Å². The SMILES string of the molecule is CCc1ccc(N(CC(=O)Nc2c(C)cc(C)cc2C)C2=N[C@@H]3CS(=O)(=O)C[C@H]3S2)cc1. The van der Waals surface area contributed by atoms with E-state index in [2.05, 4.69) is 36.5 Å². The Hall–Kier alpha value is -2.32. The summed E-state index contributed by atoms with van der Waals surface area (Å²) >= 11 is 1.47. The second-order valence-electron chi connectivity index (χ2n) is 8.64. The molecule has 8 heteroatoms. The number of hydrogen-bond acceptors (Lipinski definition) is 6. The molecule has 2 aromatic carbocycles. The van der Waals surface area contributed by atoms with Gasteiger partial charge in [0.1, 0.15) is 6.54 Å². The normalized spacial score (nSPS) is 21.2. The van der Waals surface area contributed by atoms with Crippen molar-refractivity contribution in [1.29, 1.82) is 0 Å². The molecule has 1 N–H and O–H groups in total. The molecule has 2 aliphatic heterocycles. The van der Waals surface area contributed by atoms with Crippen LogP contribution in [-0.2, 0) is 21.1 Å². The van der Waals surface area contributed by atoms with E-state index in [0.29, 0.717) is 5.17 Å². The third kappa shape index (κ3) is 4.86. The standard InChI is InChI=1S/C24H29N3O3S2/c1-5-18-6-8-19(9-7-18)27(24-25-20-13-32(29,30)14-21(20)31-24)12-22(28)26-23-16(3)10-15(2)11-17(23)4/h6-11,20-21H,5,12-14H2,1-4H3,(H,26,28)/t20-,21-/m1/s1. The van der Waals surface area contributed by atoms with Gasteiger partial charge in [0.2, 0.25) is 5.91 Å². The quantitative estimate of drug-likeness (QED) is 0.716. The maximum Gasteiger partial charge on any atom is 0.244 e. The highest BCUT2D eigenvalue weighted by Gasteiger charge is 2.44. The molecular weight excluding hydrogens is 442 g/mol. The zero-order valence-electron chi connectivity index (χ0n) is 18.9. The fourth-order valence-electron chi connectivity index (χ4n) is 4.35. The van der Waals surface area contributed by atoms with E-state index < -0.39 is 9.84 Å². The zero-order chi connectivity index (χ0) is 23.0. The maximum atomic E-state index is 13.1. The Labute approximate surface area is 194 Å². The Bertz CT molecular complexity index is 1150. The first-order chi connectivity index (χ1) is 15.1.